The molecule has 0 aliphatic carbocycles. The van der Waals surface area contributed by atoms with Crippen molar-refractivity contribution in [2.45, 2.75) is 26.3 Å². The number of aromatic nitrogens is 2. The van der Waals surface area contributed by atoms with Gasteiger partial charge >= 0.3 is 0 Å². The number of carbonyl (C=O) groups excluding carboxylic acids is 2. The highest BCUT2D eigenvalue weighted by Crippen LogP contribution is 2.29. The summed E-state index contributed by atoms with van der Waals surface area (Å²) in [7, 11) is 0. The number of hydrogen-bond donors (Lipinski definition) is 1. The van der Waals surface area contributed by atoms with Crippen molar-refractivity contribution in [3.63, 3.8) is 0 Å². The molecule has 180 valence electrons. The molecule has 1 atom stereocenters. The molecule has 1 aliphatic heterocycles. The van der Waals surface area contributed by atoms with E-state index in [2.05, 4.69) is 10.4 Å². The summed E-state index contributed by atoms with van der Waals surface area (Å²) in [5.74, 6) is -0.635. The molecule has 4 aromatic rings. The van der Waals surface area contributed by atoms with E-state index in [1.165, 1.54) is 4.68 Å². The second kappa shape index (κ2) is 9.62. The molecule has 1 N–H and O–H groups in total. The van der Waals surface area contributed by atoms with Crippen LogP contribution in [0.2, 0.25) is 0 Å². The molecular weight excluding hydrogens is 452 g/mol. The van der Waals surface area contributed by atoms with Crippen LogP contribution < -0.4 is 15.8 Å². The van der Waals surface area contributed by atoms with Gasteiger partial charge in [-0.3, -0.25) is 14.4 Å². The van der Waals surface area contributed by atoms with Crippen LogP contribution in [-0.2, 0) is 11.2 Å². The van der Waals surface area contributed by atoms with Crippen LogP contribution in [0.4, 0.5) is 11.4 Å². The van der Waals surface area contributed by atoms with Gasteiger partial charge in [0.25, 0.3) is 17.4 Å². The van der Waals surface area contributed by atoms with Crippen LogP contribution in [0, 0.1) is 6.92 Å². The summed E-state index contributed by atoms with van der Waals surface area (Å²) in [4.78, 5) is 41.6. The number of para-hydroxylation sites is 1. The Bertz CT molecular complexity index is 1490. The third-order valence-corrected chi connectivity index (χ3v) is 6.44. The number of anilines is 2. The predicted octanol–water partition coefficient (Wildman–Crippen LogP) is 4.62. The Morgan fingerprint density at radius 1 is 0.944 bits per heavy atom. The van der Waals surface area contributed by atoms with Crippen LogP contribution in [0.1, 0.15) is 34.5 Å². The number of nitrogens with one attached hydrogen (secondary N) is 1. The van der Waals surface area contributed by atoms with Gasteiger partial charge in [-0.05, 0) is 50.1 Å². The topological polar surface area (TPSA) is 84.3 Å². The maximum absolute atomic E-state index is 13.5. The molecule has 0 bridgehead atoms. The van der Waals surface area contributed by atoms with E-state index in [0.717, 1.165) is 28.8 Å². The molecule has 5 rings (SSSR count). The third kappa shape index (κ3) is 4.43. The van der Waals surface area contributed by atoms with Crippen LogP contribution in [-0.4, -0.2) is 28.1 Å². The number of fused-ring (bicyclic) bond motifs is 1. The fourth-order valence-corrected chi connectivity index (χ4v) is 4.41. The standard InChI is InChI=1S/C29H26N4O3/c1-19-12-14-21(15-13-19)24-18-25(30-27(34)23-9-4-3-5-10-23)29(36)33(31-24)20(2)28(35)32-17-16-22-8-6-7-11-26(22)32/h3-15,18,20H,16-17H2,1-2H3,(H,30,34)/t20-/m1/s1. The number of hydrogen-bond acceptors (Lipinski definition) is 4. The van der Waals surface area contributed by atoms with Gasteiger partial charge in [0.05, 0.1) is 5.69 Å². The van der Waals surface area contributed by atoms with E-state index in [9.17, 15) is 14.4 Å². The Labute approximate surface area is 209 Å². The highest BCUT2D eigenvalue weighted by Gasteiger charge is 2.30. The first-order valence-corrected chi connectivity index (χ1v) is 11.9. The van der Waals surface area contributed by atoms with Crippen molar-refractivity contribution in [1.29, 1.82) is 0 Å². The van der Waals surface area contributed by atoms with Gasteiger partial charge in [-0.1, -0.05) is 66.2 Å². The molecular formula is C29H26N4O3. The van der Waals surface area contributed by atoms with Crippen molar-refractivity contribution in [1.82, 2.24) is 9.78 Å². The van der Waals surface area contributed by atoms with Crippen molar-refractivity contribution in [3.05, 3.63) is 112 Å². The second-order valence-corrected chi connectivity index (χ2v) is 8.92. The Kier molecular flexibility index (Phi) is 6.21. The van der Waals surface area contributed by atoms with Crippen LogP contribution >= 0.6 is 0 Å². The van der Waals surface area contributed by atoms with Gasteiger partial charge in [-0.25, -0.2) is 4.68 Å². The summed E-state index contributed by atoms with van der Waals surface area (Å²) < 4.78 is 1.18. The first-order chi connectivity index (χ1) is 17.4. The van der Waals surface area contributed by atoms with E-state index >= 15 is 0 Å². The summed E-state index contributed by atoms with van der Waals surface area (Å²) in [6, 6.07) is 24.8. The molecule has 1 aliphatic rings. The number of carbonyl (C=O) groups is 2. The quantitative estimate of drug-likeness (QED) is 0.454. The molecule has 3 aromatic carbocycles. The molecule has 7 nitrogen and oxygen atoms in total. The van der Waals surface area contributed by atoms with Crippen molar-refractivity contribution >= 4 is 23.2 Å². The van der Waals surface area contributed by atoms with Gasteiger partial charge in [0.1, 0.15) is 11.7 Å². The summed E-state index contributed by atoms with van der Waals surface area (Å²) in [6.45, 7) is 4.20. The summed E-state index contributed by atoms with van der Waals surface area (Å²) >= 11 is 0. The fraction of sp³-hybridized carbons (Fsp3) is 0.172. The maximum Gasteiger partial charge on any atom is 0.291 e. The average Bonchev–Trinajstić information content (AvgIpc) is 3.34. The minimum Gasteiger partial charge on any atom is -0.317 e. The highest BCUT2D eigenvalue weighted by molar-refractivity contribution is 6.04. The van der Waals surface area contributed by atoms with Crippen LogP contribution in [0.15, 0.2) is 89.7 Å². The van der Waals surface area contributed by atoms with Crippen molar-refractivity contribution < 1.29 is 9.59 Å². The first kappa shape index (κ1) is 23.2. The molecule has 36 heavy (non-hydrogen) atoms. The predicted molar refractivity (Wildman–Crippen MR) is 140 cm³/mol. The molecule has 0 unspecified atom stereocenters. The molecule has 2 heterocycles. The number of amides is 2. The first-order valence-electron chi connectivity index (χ1n) is 11.9. The van der Waals surface area contributed by atoms with Gasteiger partial charge < -0.3 is 10.2 Å². The minimum atomic E-state index is -0.874. The lowest BCUT2D eigenvalue weighted by molar-refractivity contribution is -0.121. The normalized spacial score (nSPS) is 13.2. The van der Waals surface area contributed by atoms with Gasteiger partial charge in [0, 0.05) is 23.4 Å². The average molecular weight is 479 g/mol. The van der Waals surface area contributed by atoms with E-state index < -0.39 is 17.5 Å². The molecule has 2 amide bonds. The van der Waals surface area contributed by atoms with Gasteiger partial charge in [-0.15, -0.1) is 0 Å². The summed E-state index contributed by atoms with van der Waals surface area (Å²) in [5.41, 5.74) is 4.25. The fourth-order valence-electron chi connectivity index (χ4n) is 4.41. The van der Waals surface area contributed by atoms with E-state index in [0.29, 0.717) is 17.8 Å². The molecule has 0 saturated heterocycles. The van der Waals surface area contributed by atoms with Crippen molar-refractivity contribution in [2.75, 3.05) is 16.8 Å². The third-order valence-electron chi connectivity index (χ3n) is 6.44. The SMILES string of the molecule is Cc1ccc(-c2cc(NC(=O)c3ccccc3)c(=O)n([C@H](C)C(=O)N3CCc4ccccc43)n2)cc1. The van der Waals surface area contributed by atoms with Crippen LogP contribution in [0.25, 0.3) is 11.3 Å². The number of rotatable bonds is 5. The zero-order valence-corrected chi connectivity index (χ0v) is 20.1. The van der Waals surface area contributed by atoms with E-state index in [1.54, 1.807) is 42.2 Å². The Morgan fingerprint density at radius 2 is 1.64 bits per heavy atom. The molecule has 7 heteroatoms. The smallest absolute Gasteiger partial charge is 0.291 e. The molecule has 0 saturated carbocycles. The van der Waals surface area contributed by atoms with Crippen molar-refractivity contribution in [3.8, 4) is 11.3 Å². The Morgan fingerprint density at radius 3 is 2.39 bits per heavy atom. The Balaban J connectivity index is 1.55. The number of nitrogens with zero attached hydrogens (tertiary/aromatic N) is 3. The number of aryl methyl sites for hydroxylation is 1. The zero-order chi connectivity index (χ0) is 25.2. The lowest BCUT2D eigenvalue weighted by atomic mass is 10.1. The van der Waals surface area contributed by atoms with E-state index in [1.807, 2.05) is 61.5 Å². The second-order valence-electron chi connectivity index (χ2n) is 8.92. The summed E-state index contributed by atoms with van der Waals surface area (Å²) in [5, 5.41) is 7.30. The monoisotopic (exact) mass is 478 g/mol. The number of benzene rings is 3. The summed E-state index contributed by atoms with van der Waals surface area (Å²) in [6.07, 6.45) is 0.763. The van der Waals surface area contributed by atoms with Gasteiger partial charge in [0.2, 0.25) is 0 Å². The lowest BCUT2D eigenvalue weighted by Crippen LogP contribution is -2.40. The lowest BCUT2D eigenvalue weighted by Gasteiger charge is -2.23. The molecule has 1 aromatic heterocycles. The van der Waals surface area contributed by atoms with E-state index in [4.69, 9.17) is 0 Å². The van der Waals surface area contributed by atoms with Gasteiger partial charge in [0.15, 0.2) is 0 Å². The maximum atomic E-state index is 13.5. The largest absolute Gasteiger partial charge is 0.317 e. The van der Waals surface area contributed by atoms with Gasteiger partial charge in [-0.2, -0.15) is 5.10 Å². The molecule has 0 fully saturated rings. The Hall–Kier alpha value is -4.52. The molecule has 0 radical (unpaired) electrons. The van der Waals surface area contributed by atoms with Crippen LogP contribution in [0.5, 0.6) is 0 Å². The zero-order valence-electron chi connectivity index (χ0n) is 20.1. The molecule has 0 spiro atoms. The van der Waals surface area contributed by atoms with Crippen LogP contribution in [0.3, 0.4) is 0 Å². The van der Waals surface area contributed by atoms with E-state index in [-0.39, 0.29) is 11.6 Å². The highest BCUT2D eigenvalue weighted by atomic mass is 16.2. The minimum absolute atomic E-state index is 0.0656. The van der Waals surface area contributed by atoms with Crippen molar-refractivity contribution in [2.24, 2.45) is 0 Å².